The summed E-state index contributed by atoms with van der Waals surface area (Å²) in [6.07, 6.45) is 2.91. The first-order chi connectivity index (χ1) is 9.70. The second-order valence-corrected chi connectivity index (χ2v) is 3.32. The highest BCUT2D eigenvalue weighted by molar-refractivity contribution is 6.03. The van der Waals surface area contributed by atoms with E-state index in [1.165, 1.54) is 24.3 Å². The van der Waals surface area contributed by atoms with Crippen molar-refractivity contribution in [3.8, 4) is 0 Å². The Hall–Kier alpha value is -2.62. The summed E-state index contributed by atoms with van der Waals surface area (Å²) in [5.74, 6) is -1.16. The fraction of sp³-hybridized carbons (Fsp3) is 0.125. The van der Waals surface area contributed by atoms with Gasteiger partial charge in [-0.05, 0) is 12.1 Å². The molecule has 0 saturated heterocycles. The van der Waals surface area contributed by atoms with E-state index >= 15 is 0 Å². The number of hydrogen-bond donors (Lipinski definition) is 0. The third-order valence-corrected chi connectivity index (χ3v) is 2.03. The van der Waals surface area contributed by atoms with Gasteiger partial charge in [0.05, 0.1) is 11.1 Å². The van der Waals surface area contributed by atoms with Gasteiger partial charge in [-0.25, -0.2) is 9.59 Å². The van der Waals surface area contributed by atoms with Crippen LogP contribution in [-0.4, -0.2) is 25.2 Å². The summed E-state index contributed by atoms with van der Waals surface area (Å²) in [6.45, 7) is 13.1. The lowest BCUT2D eigenvalue weighted by atomic mass is 10.1. The summed E-state index contributed by atoms with van der Waals surface area (Å²) in [5.41, 5.74) is 0.349. The summed E-state index contributed by atoms with van der Waals surface area (Å²) >= 11 is 0. The minimum Gasteiger partial charge on any atom is -0.458 e. The molecule has 106 valence electrons. The summed E-state index contributed by atoms with van der Waals surface area (Å²) in [5, 5.41) is 0. The molecular formula is C16H18O4. The van der Waals surface area contributed by atoms with E-state index in [1.54, 1.807) is 12.1 Å². The first-order valence-corrected chi connectivity index (χ1v) is 5.85. The molecule has 0 atom stereocenters. The first-order valence-electron chi connectivity index (χ1n) is 5.85. The third-order valence-electron chi connectivity index (χ3n) is 2.03. The quantitative estimate of drug-likeness (QED) is 0.590. The number of esters is 2. The molecule has 0 amide bonds. The summed E-state index contributed by atoms with van der Waals surface area (Å²) in [7, 11) is 0. The van der Waals surface area contributed by atoms with E-state index in [1.807, 2.05) is 0 Å². The molecule has 0 fully saturated rings. The van der Waals surface area contributed by atoms with Crippen molar-refractivity contribution < 1.29 is 19.1 Å². The molecule has 1 rings (SSSR count). The van der Waals surface area contributed by atoms with Gasteiger partial charge >= 0.3 is 11.9 Å². The maximum Gasteiger partial charge on any atom is 0.339 e. The molecular weight excluding hydrogens is 256 g/mol. The molecule has 0 aliphatic carbocycles. The Bertz CT molecular complexity index is 434. The molecule has 0 aromatic heterocycles. The number of benzene rings is 1. The molecule has 0 heterocycles. The molecule has 0 spiro atoms. The van der Waals surface area contributed by atoms with Crippen molar-refractivity contribution in [3.05, 3.63) is 73.9 Å². The predicted molar refractivity (Wildman–Crippen MR) is 78.7 cm³/mol. The van der Waals surface area contributed by atoms with Gasteiger partial charge in [0.1, 0.15) is 13.2 Å². The topological polar surface area (TPSA) is 52.6 Å². The monoisotopic (exact) mass is 274 g/mol. The normalized spacial score (nSPS) is 8.60. The van der Waals surface area contributed by atoms with Crippen LogP contribution < -0.4 is 0 Å². The average molecular weight is 274 g/mol. The molecule has 0 aliphatic rings. The van der Waals surface area contributed by atoms with Crippen LogP contribution in [0.1, 0.15) is 20.7 Å². The second kappa shape index (κ2) is 10.3. The van der Waals surface area contributed by atoms with E-state index in [0.29, 0.717) is 0 Å². The lowest BCUT2D eigenvalue weighted by Gasteiger charge is -2.07. The molecule has 0 aliphatic heterocycles. The Morgan fingerprint density at radius 1 is 0.900 bits per heavy atom. The predicted octanol–water partition coefficient (Wildman–Crippen LogP) is 3.17. The van der Waals surface area contributed by atoms with Crippen molar-refractivity contribution in [2.24, 2.45) is 0 Å². The number of ether oxygens (including phenoxy) is 2. The van der Waals surface area contributed by atoms with E-state index in [4.69, 9.17) is 9.47 Å². The number of carbonyl (C=O) groups is 2. The van der Waals surface area contributed by atoms with Gasteiger partial charge < -0.3 is 9.47 Å². The largest absolute Gasteiger partial charge is 0.458 e. The highest BCUT2D eigenvalue weighted by Crippen LogP contribution is 2.12. The van der Waals surface area contributed by atoms with E-state index in [2.05, 4.69) is 26.3 Å². The van der Waals surface area contributed by atoms with E-state index in [-0.39, 0.29) is 24.3 Å². The molecule has 0 saturated carbocycles. The zero-order chi connectivity index (χ0) is 15.4. The molecule has 20 heavy (non-hydrogen) atoms. The van der Waals surface area contributed by atoms with E-state index in [9.17, 15) is 9.59 Å². The van der Waals surface area contributed by atoms with Crippen LogP contribution in [0.15, 0.2) is 62.7 Å². The van der Waals surface area contributed by atoms with Crippen LogP contribution in [0.2, 0.25) is 0 Å². The van der Waals surface area contributed by atoms with Gasteiger partial charge in [-0.2, -0.15) is 0 Å². The average Bonchev–Trinajstić information content (AvgIpc) is 2.52. The minimum atomic E-state index is -0.582. The third kappa shape index (κ3) is 5.35. The van der Waals surface area contributed by atoms with Gasteiger partial charge in [-0.3, -0.25) is 0 Å². The van der Waals surface area contributed by atoms with Crippen LogP contribution in [0.5, 0.6) is 0 Å². The molecule has 0 radical (unpaired) electrons. The van der Waals surface area contributed by atoms with Crippen LogP contribution in [0.3, 0.4) is 0 Å². The number of rotatable bonds is 6. The minimum absolute atomic E-state index is 0.0921. The van der Waals surface area contributed by atoms with Gasteiger partial charge in [0.2, 0.25) is 0 Å². The molecule has 0 unspecified atom stereocenters. The van der Waals surface area contributed by atoms with Crippen LogP contribution in [0, 0.1) is 0 Å². The fourth-order valence-electron chi connectivity index (χ4n) is 1.26. The second-order valence-electron chi connectivity index (χ2n) is 3.32. The summed E-state index contributed by atoms with van der Waals surface area (Å²) < 4.78 is 9.78. The summed E-state index contributed by atoms with van der Waals surface area (Å²) in [6, 6.07) is 6.31. The highest BCUT2D eigenvalue weighted by atomic mass is 16.5. The van der Waals surface area contributed by atoms with Crippen molar-refractivity contribution in [1.29, 1.82) is 0 Å². The van der Waals surface area contributed by atoms with Crippen LogP contribution in [0.4, 0.5) is 0 Å². The van der Waals surface area contributed by atoms with Gasteiger partial charge in [-0.15, -0.1) is 13.2 Å². The van der Waals surface area contributed by atoms with Gasteiger partial charge in [0.15, 0.2) is 0 Å². The van der Waals surface area contributed by atoms with Crippen molar-refractivity contribution in [2.45, 2.75) is 0 Å². The molecule has 1 aromatic carbocycles. The van der Waals surface area contributed by atoms with Gasteiger partial charge in [0.25, 0.3) is 0 Å². The molecule has 0 bridgehead atoms. The zero-order valence-corrected chi connectivity index (χ0v) is 11.3. The van der Waals surface area contributed by atoms with Crippen molar-refractivity contribution in [1.82, 2.24) is 0 Å². The standard InChI is InChI=1S/C14H14O4.C2H4/c1-3-9-17-13(15)11-7-5-6-8-12(11)14(16)18-10-4-2;1-2/h3-8H,1-2,9-10H2;1-2H2. The maximum absolute atomic E-state index is 11.7. The Kier molecular flexibility index (Phi) is 8.96. The van der Waals surface area contributed by atoms with Crippen LogP contribution in [0.25, 0.3) is 0 Å². The van der Waals surface area contributed by atoms with Crippen LogP contribution in [-0.2, 0) is 9.47 Å². The fourth-order valence-corrected chi connectivity index (χ4v) is 1.26. The van der Waals surface area contributed by atoms with E-state index in [0.717, 1.165) is 0 Å². The first kappa shape index (κ1) is 17.4. The van der Waals surface area contributed by atoms with Crippen molar-refractivity contribution >= 4 is 11.9 Å². The van der Waals surface area contributed by atoms with Gasteiger partial charge in [0, 0.05) is 0 Å². The van der Waals surface area contributed by atoms with Crippen molar-refractivity contribution in [3.63, 3.8) is 0 Å². The molecule has 1 aromatic rings. The lowest BCUT2D eigenvalue weighted by molar-refractivity contribution is 0.0503. The number of carbonyl (C=O) groups excluding carboxylic acids is 2. The Morgan fingerprint density at radius 2 is 1.25 bits per heavy atom. The zero-order valence-electron chi connectivity index (χ0n) is 11.3. The van der Waals surface area contributed by atoms with Gasteiger partial charge in [-0.1, -0.05) is 37.4 Å². The SMILES string of the molecule is C=C.C=CCOC(=O)c1ccccc1C(=O)OCC=C. The van der Waals surface area contributed by atoms with Crippen molar-refractivity contribution in [2.75, 3.05) is 13.2 Å². The smallest absolute Gasteiger partial charge is 0.339 e. The Morgan fingerprint density at radius 3 is 1.55 bits per heavy atom. The summed E-state index contributed by atoms with van der Waals surface area (Å²) in [4.78, 5) is 23.4. The maximum atomic E-state index is 11.7. The lowest BCUT2D eigenvalue weighted by Crippen LogP contribution is -2.14. The molecule has 4 heteroatoms. The van der Waals surface area contributed by atoms with E-state index < -0.39 is 11.9 Å². The Balaban J connectivity index is 0.00000172. The molecule has 0 N–H and O–H groups in total. The Labute approximate surface area is 119 Å². The molecule has 4 nitrogen and oxygen atoms in total. The van der Waals surface area contributed by atoms with Crippen LogP contribution >= 0.6 is 0 Å². The number of hydrogen-bond acceptors (Lipinski definition) is 4. The highest BCUT2D eigenvalue weighted by Gasteiger charge is 2.18.